The van der Waals surface area contributed by atoms with Gasteiger partial charge in [-0.2, -0.15) is 0 Å². The highest BCUT2D eigenvalue weighted by Crippen LogP contribution is 2.18. The summed E-state index contributed by atoms with van der Waals surface area (Å²) in [6.45, 7) is 7.29. The van der Waals surface area contributed by atoms with Gasteiger partial charge in [0.15, 0.2) is 0 Å². The first-order valence-corrected chi connectivity index (χ1v) is 6.72. The van der Waals surface area contributed by atoms with Crippen LogP contribution < -0.4 is 5.56 Å². The fraction of sp³-hybridized carbons (Fsp3) is 0.467. The highest BCUT2D eigenvalue weighted by atomic mass is 16.5. The Bertz CT molecular complexity index is 617. The van der Waals surface area contributed by atoms with Gasteiger partial charge in [-0.05, 0) is 30.0 Å². The van der Waals surface area contributed by atoms with E-state index in [1.165, 1.54) is 0 Å². The molecule has 4 heteroatoms. The molecule has 0 saturated heterocycles. The number of H-pyrrole nitrogens is 1. The van der Waals surface area contributed by atoms with Crippen LogP contribution in [0.3, 0.4) is 0 Å². The van der Waals surface area contributed by atoms with Crippen molar-refractivity contribution in [1.29, 1.82) is 0 Å². The molecule has 0 aliphatic carbocycles. The molecule has 0 aliphatic heterocycles. The van der Waals surface area contributed by atoms with Crippen molar-refractivity contribution in [3.8, 4) is 0 Å². The van der Waals surface area contributed by atoms with Gasteiger partial charge in [0.1, 0.15) is 12.4 Å². The molecule has 0 fully saturated rings. The fourth-order valence-electron chi connectivity index (χ4n) is 1.95. The number of nitrogens with zero attached hydrogens (tertiary/aromatic N) is 1. The Kier molecular flexibility index (Phi) is 4.32. The maximum absolute atomic E-state index is 12.1. The Morgan fingerprint density at radius 2 is 2.16 bits per heavy atom. The lowest BCUT2D eigenvalue weighted by molar-refractivity contribution is 0.116. The van der Waals surface area contributed by atoms with Crippen molar-refractivity contribution in [2.45, 2.75) is 39.7 Å². The van der Waals surface area contributed by atoms with Crippen LogP contribution in [0.2, 0.25) is 0 Å². The molecule has 0 radical (unpaired) electrons. The van der Waals surface area contributed by atoms with Crippen LogP contribution in [0.4, 0.5) is 0 Å². The van der Waals surface area contributed by atoms with Crippen molar-refractivity contribution in [1.82, 2.24) is 9.97 Å². The molecule has 0 amide bonds. The first-order valence-electron chi connectivity index (χ1n) is 6.72. The molecule has 2 aromatic rings. The molecular weight excluding hydrogens is 240 g/mol. The summed E-state index contributed by atoms with van der Waals surface area (Å²) in [7, 11) is 0. The standard InChI is InChI=1S/C15H20N2O2/c1-4-7-19-9-14-16-13-6-5-11(10(2)3)8-12(13)15(18)17-14/h5-6,8,10H,4,7,9H2,1-3H3,(H,16,17,18). The number of nitrogens with one attached hydrogen (secondary N) is 1. The summed E-state index contributed by atoms with van der Waals surface area (Å²) in [5, 5.41) is 0.644. The van der Waals surface area contributed by atoms with Crippen LogP contribution in [-0.2, 0) is 11.3 Å². The van der Waals surface area contributed by atoms with E-state index in [-0.39, 0.29) is 5.56 Å². The first kappa shape index (κ1) is 13.7. The van der Waals surface area contributed by atoms with Crippen LogP contribution in [0.25, 0.3) is 10.9 Å². The van der Waals surface area contributed by atoms with E-state index >= 15 is 0 Å². The average molecular weight is 260 g/mol. The van der Waals surface area contributed by atoms with E-state index in [1.807, 2.05) is 25.1 Å². The molecule has 1 aromatic carbocycles. The second-order valence-electron chi connectivity index (χ2n) is 5.00. The zero-order chi connectivity index (χ0) is 13.8. The van der Waals surface area contributed by atoms with Gasteiger partial charge in [0, 0.05) is 6.61 Å². The van der Waals surface area contributed by atoms with Crippen molar-refractivity contribution >= 4 is 10.9 Å². The van der Waals surface area contributed by atoms with Gasteiger partial charge in [-0.3, -0.25) is 4.79 Å². The Balaban J connectivity index is 2.36. The van der Waals surface area contributed by atoms with Crippen molar-refractivity contribution in [2.75, 3.05) is 6.61 Å². The molecule has 19 heavy (non-hydrogen) atoms. The summed E-state index contributed by atoms with van der Waals surface area (Å²) in [5.74, 6) is 0.986. The minimum absolute atomic E-state index is 0.0948. The second-order valence-corrected chi connectivity index (χ2v) is 5.00. The van der Waals surface area contributed by atoms with E-state index in [0.717, 1.165) is 17.5 Å². The van der Waals surface area contributed by atoms with Crippen molar-refractivity contribution in [3.63, 3.8) is 0 Å². The molecule has 0 spiro atoms. The van der Waals surface area contributed by atoms with Crippen molar-refractivity contribution < 1.29 is 4.74 Å². The van der Waals surface area contributed by atoms with E-state index in [4.69, 9.17) is 4.74 Å². The fourth-order valence-corrected chi connectivity index (χ4v) is 1.95. The number of hydrogen-bond donors (Lipinski definition) is 1. The predicted octanol–water partition coefficient (Wildman–Crippen LogP) is 2.97. The zero-order valence-corrected chi connectivity index (χ0v) is 11.7. The third-order valence-electron chi connectivity index (χ3n) is 3.03. The van der Waals surface area contributed by atoms with Crippen LogP contribution in [0.1, 0.15) is 44.5 Å². The number of rotatable bonds is 5. The van der Waals surface area contributed by atoms with E-state index in [0.29, 0.717) is 30.3 Å². The van der Waals surface area contributed by atoms with Gasteiger partial charge in [-0.1, -0.05) is 26.8 Å². The van der Waals surface area contributed by atoms with Gasteiger partial charge >= 0.3 is 0 Å². The summed E-state index contributed by atoms with van der Waals surface area (Å²) in [5.41, 5.74) is 1.78. The van der Waals surface area contributed by atoms with Gasteiger partial charge < -0.3 is 9.72 Å². The number of ether oxygens (including phenoxy) is 1. The Labute approximate surface area is 112 Å². The Morgan fingerprint density at radius 3 is 2.84 bits per heavy atom. The predicted molar refractivity (Wildman–Crippen MR) is 76.4 cm³/mol. The number of aromatic amines is 1. The molecular formula is C15H20N2O2. The lowest BCUT2D eigenvalue weighted by Gasteiger charge is -2.07. The van der Waals surface area contributed by atoms with Crippen LogP contribution in [-0.4, -0.2) is 16.6 Å². The van der Waals surface area contributed by atoms with E-state index < -0.39 is 0 Å². The first-order chi connectivity index (χ1) is 9.11. The van der Waals surface area contributed by atoms with Gasteiger partial charge in [0.2, 0.25) is 0 Å². The third-order valence-corrected chi connectivity index (χ3v) is 3.03. The molecule has 1 aromatic heterocycles. The normalized spacial score (nSPS) is 11.4. The zero-order valence-electron chi connectivity index (χ0n) is 11.7. The maximum atomic E-state index is 12.1. The second kappa shape index (κ2) is 5.97. The topological polar surface area (TPSA) is 55.0 Å². The Hall–Kier alpha value is -1.68. The lowest BCUT2D eigenvalue weighted by atomic mass is 10.0. The lowest BCUT2D eigenvalue weighted by Crippen LogP contribution is -2.13. The SMILES string of the molecule is CCCOCc1nc2ccc(C(C)C)cc2c(=O)[nH]1. The van der Waals surface area contributed by atoms with Crippen LogP contribution in [0.5, 0.6) is 0 Å². The molecule has 2 rings (SSSR count). The summed E-state index contributed by atoms with van der Waals surface area (Å²) in [6, 6.07) is 5.85. The van der Waals surface area contributed by atoms with Crippen molar-refractivity contribution in [2.24, 2.45) is 0 Å². The van der Waals surface area contributed by atoms with Gasteiger partial charge in [0.05, 0.1) is 10.9 Å². The van der Waals surface area contributed by atoms with Gasteiger partial charge in [-0.25, -0.2) is 4.98 Å². The molecule has 0 saturated carbocycles. The molecule has 0 aliphatic rings. The average Bonchev–Trinajstić information content (AvgIpc) is 2.38. The molecule has 1 N–H and O–H groups in total. The monoisotopic (exact) mass is 260 g/mol. The van der Waals surface area contributed by atoms with E-state index in [2.05, 4.69) is 23.8 Å². The van der Waals surface area contributed by atoms with Crippen molar-refractivity contribution in [3.05, 3.63) is 39.9 Å². The summed E-state index contributed by atoms with van der Waals surface area (Å²) < 4.78 is 5.40. The smallest absolute Gasteiger partial charge is 0.258 e. The molecule has 4 nitrogen and oxygen atoms in total. The maximum Gasteiger partial charge on any atom is 0.258 e. The molecule has 0 unspecified atom stereocenters. The molecule has 102 valence electrons. The molecule has 0 bridgehead atoms. The number of fused-ring (bicyclic) bond motifs is 1. The number of aromatic nitrogens is 2. The molecule has 0 atom stereocenters. The Morgan fingerprint density at radius 1 is 1.37 bits per heavy atom. The third kappa shape index (κ3) is 3.20. The summed E-state index contributed by atoms with van der Waals surface area (Å²) in [6.07, 6.45) is 0.954. The number of benzene rings is 1. The van der Waals surface area contributed by atoms with Crippen LogP contribution in [0, 0.1) is 0 Å². The van der Waals surface area contributed by atoms with E-state index in [1.54, 1.807) is 0 Å². The highest BCUT2D eigenvalue weighted by Gasteiger charge is 2.06. The van der Waals surface area contributed by atoms with Crippen LogP contribution in [0.15, 0.2) is 23.0 Å². The quantitative estimate of drug-likeness (QED) is 0.841. The van der Waals surface area contributed by atoms with Gasteiger partial charge in [0.25, 0.3) is 5.56 Å². The molecule has 1 heterocycles. The minimum Gasteiger partial charge on any atom is -0.374 e. The number of hydrogen-bond acceptors (Lipinski definition) is 3. The highest BCUT2D eigenvalue weighted by molar-refractivity contribution is 5.78. The largest absolute Gasteiger partial charge is 0.374 e. The minimum atomic E-state index is -0.0948. The summed E-state index contributed by atoms with van der Waals surface area (Å²) in [4.78, 5) is 19.3. The van der Waals surface area contributed by atoms with Crippen LogP contribution >= 0.6 is 0 Å². The van der Waals surface area contributed by atoms with Gasteiger partial charge in [-0.15, -0.1) is 0 Å². The van der Waals surface area contributed by atoms with E-state index in [9.17, 15) is 4.79 Å². The summed E-state index contributed by atoms with van der Waals surface area (Å²) >= 11 is 0.